The van der Waals surface area contributed by atoms with Gasteiger partial charge in [0.2, 0.25) is 0 Å². The smallest absolute Gasteiger partial charge is 0.278 e. The van der Waals surface area contributed by atoms with Gasteiger partial charge in [-0.15, -0.1) is 0 Å². The molecular formula is C22H23N5O2S. The first kappa shape index (κ1) is 20.0. The second-order valence-corrected chi connectivity index (χ2v) is 7.78. The predicted molar refractivity (Wildman–Crippen MR) is 118 cm³/mol. The van der Waals surface area contributed by atoms with Crippen LogP contribution in [-0.2, 0) is 13.1 Å². The quantitative estimate of drug-likeness (QED) is 0.440. The minimum Gasteiger partial charge on any atom is -0.492 e. The Labute approximate surface area is 179 Å². The molecule has 154 valence electrons. The molecule has 8 heteroatoms. The van der Waals surface area contributed by atoms with E-state index in [1.807, 2.05) is 57.2 Å². The van der Waals surface area contributed by atoms with Gasteiger partial charge in [0.1, 0.15) is 17.0 Å². The molecule has 0 N–H and O–H groups in total. The highest BCUT2D eigenvalue weighted by molar-refractivity contribution is 7.22. The Morgan fingerprint density at radius 2 is 2.10 bits per heavy atom. The first-order valence-corrected chi connectivity index (χ1v) is 10.7. The number of hydrogen-bond acceptors (Lipinski definition) is 6. The summed E-state index contributed by atoms with van der Waals surface area (Å²) in [6.45, 7) is 7.34. The van der Waals surface area contributed by atoms with Crippen LogP contribution in [0.4, 0.5) is 5.13 Å². The van der Waals surface area contributed by atoms with Crippen LogP contribution >= 0.6 is 11.3 Å². The zero-order chi connectivity index (χ0) is 21.1. The Hall–Kier alpha value is -3.26. The number of aryl methyl sites for hydroxylation is 2. The molecule has 4 rings (SSSR count). The van der Waals surface area contributed by atoms with Crippen LogP contribution in [0.3, 0.4) is 0 Å². The number of carbonyl (C=O) groups excluding carboxylic acids is 1. The van der Waals surface area contributed by atoms with Gasteiger partial charge in [0.15, 0.2) is 5.13 Å². The number of thiazole rings is 1. The first-order valence-electron chi connectivity index (χ1n) is 9.88. The number of rotatable bonds is 7. The highest BCUT2D eigenvalue weighted by atomic mass is 32.1. The Morgan fingerprint density at radius 1 is 1.23 bits per heavy atom. The molecule has 3 aromatic heterocycles. The Bertz CT molecular complexity index is 1170. The molecule has 0 atom stereocenters. The van der Waals surface area contributed by atoms with Gasteiger partial charge >= 0.3 is 0 Å². The predicted octanol–water partition coefficient (Wildman–Crippen LogP) is 4.46. The number of nitrogens with zero attached hydrogens (tertiary/aromatic N) is 5. The molecule has 4 aromatic rings. The van der Waals surface area contributed by atoms with Gasteiger partial charge in [-0.3, -0.25) is 19.4 Å². The summed E-state index contributed by atoms with van der Waals surface area (Å²) in [5.74, 6) is 0.582. The molecule has 0 bridgehead atoms. The van der Waals surface area contributed by atoms with E-state index in [2.05, 4.69) is 10.1 Å². The van der Waals surface area contributed by atoms with Gasteiger partial charge in [0.05, 0.1) is 23.5 Å². The third-order valence-electron chi connectivity index (χ3n) is 4.63. The van der Waals surface area contributed by atoms with E-state index in [4.69, 9.17) is 9.72 Å². The first-order chi connectivity index (χ1) is 14.6. The summed E-state index contributed by atoms with van der Waals surface area (Å²) in [7, 11) is 0. The zero-order valence-corrected chi connectivity index (χ0v) is 18.0. The molecule has 3 heterocycles. The van der Waals surface area contributed by atoms with Crippen molar-refractivity contribution in [3.05, 3.63) is 65.7 Å². The number of carbonyl (C=O) groups is 1. The van der Waals surface area contributed by atoms with Crippen molar-refractivity contribution in [2.75, 3.05) is 11.5 Å². The number of ether oxygens (including phenoxy) is 1. The number of aromatic nitrogens is 4. The average Bonchev–Trinajstić information content (AvgIpc) is 3.36. The maximum atomic E-state index is 13.6. The van der Waals surface area contributed by atoms with Crippen LogP contribution in [0.15, 0.2) is 48.8 Å². The minimum absolute atomic E-state index is 0.140. The fourth-order valence-electron chi connectivity index (χ4n) is 3.30. The maximum Gasteiger partial charge on any atom is 0.278 e. The number of amides is 1. The molecule has 1 amide bonds. The molecule has 1 aromatic carbocycles. The van der Waals surface area contributed by atoms with Crippen LogP contribution in [-0.4, -0.2) is 32.3 Å². The van der Waals surface area contributed by atoms with Gasteiger partial charge in [-0.25, -0.2) is 4.98 Å². The highest BCUT2D eigenvalue weighted by Gasteiger charge is 2.25. The van der Waals surface area contributed by atoms with Crippen molar-refractivity contribution in [2.24, 2.45) is 0 Å². The van der Waals surface area contributed by atoms with Gasteiger partial charge < -0.3 is 4.74 Å². The van der Waals surface area contributed by atoms with Crippen molar-refractivity contribution in [3.63, 3.8) is 0 Å². The number of para-hydroxylation sites is 1. The molecule has 0 aliphatic rings. The van der Waals surface area contributed by atoms with E-state index in [-0.39, 0.29) is 5.91 Å². The van der Waals surface area contributed by atoms with Crippen LogP contribution in [0.1, 0.15) is 35.6 Å². The molecule has 7 nitrogen and oxygen atoms in total. The number of benzene rings is 1. The highest BCUT2D eigenvalue weighted by Crippen LogP contribution is 2.35. The van der Waals surface area contributed by atoms with Gasteiger partial charge in [-0.05, 0) is 50.6 Å². The van der Waals surface area contributed by atoms with E-state index in [1.54, 1.807) is 22.0 Å². The molecule has 30 heavy (non-hydrogen) atoms. The van der Waals surface area contributed by atoms with Gasteiger partial charge in [0.25, 0.3) is 5.91 Å². The Morgan fingerprint density at radius 3 is 2.83 bits per heavy atom. The van der Waals surface area contributed by atoms with Crippen molar-refractivity contribution in [1.82, 2.24) is 19.7 Å². The maximum absolute atomic E-state index is 13.6. The monoisotopic (exact) mass is 421 g/mol. The molecule has 0 fully saturated rings. The van der Waals surface area contributed by atoms with Gasteiger partial charge in [-0.2, -0.15) is 5.10 Å². The molecule has 0 unspecified atom stereocenters. The van der Waals surface area contributed by atoms with Crippen molar-refractivity contribution in [1.29, 1.82) is 0 Å². The number of anilines is 1. The zero-order valence-electron chi connectivity index (χ0n) is 17.2. The van der Waals surface area contributed by atoms with Crippen molar-refractivity contribution in [2.45, 2.75) is 33.9 Å². The summed E-state index contributed by atoms with van der Waals surface area (Å²) >= 11 is 1.47. The van der Waals surface area contributed by atoms with Gasteiger partial charge in [0, 0.05) is 18.9 Å². The third-order valence-corrected chi connectivity index (χ3v) is 5.67. The van der Waals surface area contributed by atoms with Crippen LogP contribution in [0.2, 0.25) is 0 Å². The van der Waals surface area contributed by atoms with Crippen LogP contribution in [0.5, 0.6) is 5.75 Å². The van der Waals surface area contributed by atoms with E-state index < -0.39 is 0 Å². The molecule has 0 spiro atoms. The summed E-state index contributed by atoms with van der Waals surface area (Å²) in [5.41, 5.74) is 3.05. The van der Waals surface area contributed by atoms with Gasteiger partial charge in [-0.1, -0.05) is 23.5 Å². The minimum atomic E-state index is -0.140. The van der Waals surface area contributed by atoms with Crippen molar-refractivity contribution >= 4 is 32.6 Å². The normalized spacial score (nSPS) is 11.0. The van der Waals surface area contributed by atoms with Crippen molar-refractivity contribution < 1.29 is 9.53 Å². The summed E-state index contributed by atoms with van der Waals surface area (Å²) in [5, 5.41) is 5.05. The molecule has 0 saturated carbocycles. The topological polar surface area (TPSA) is 73.1 Å². The molecule has 0 saturated heterocycles. The molecule has 0 radical (unpaired) electrons. The lowest BCUT2D eigenvalue weighted by Crippen LogP contribution is -2.32. The Kier molecular flexibility index (Phi) is 5.76. The van der Waals surface area contributed by atoms with Crippen LogP contribution in [0.25, 0.3) is 10.2 Å². The van der Waals surface area contributed by atoms with Crippen molar-refractivity contribution in [3.8, 4) is 5.75 Å². The summed E-state index contributed by atoms with van der Waals surface area (Å²) < 4.78 is 8.43. The fraction of sp³-hybridized carbons (Fsp3) is 0.273. The number of hydrogen-bond donors (Lipinski definition) is 0. The third kappa shape index (κ3) is 3.91. The lowest BCUT2D eigenvalue weighted by atomic mass is 10.2. The summed E-state index contributed by atoms with van der Waals surface area (Å²) in [6, 6.07) is 11.5. The lowest BCUT2D eigenvalue weighted by molar-refractivity contribution is 0.0975. The second-order valence-electron chi connectivity index (χ2n) is 6.77. The molecule has 0 aliphatic carbocycles. The lowest BCUT2D eigenvalue weighted by Gasteiger charge is -2.20. The molecule has 0 aliphatic heterocycles. The van der Waals surface area contributed by atoms with E-state index in [0.29, 0.717) is 30.5 Å². The van der Waals surface area contributed by atoms with E-state index >= 15 is 0 Å². The standard InChI is InChI=1S/C22H23N5O2S/c1-4-27-17(12-15(3)25-27)21(28)26(14-16-8-7-11-23-13-16)22-24-20-18(29-5-2)9-6-10-19(20)30-22/h6-13H,4-5,14H2,1-3H3. The van der Waals surface area contributed by atoms with E-state index in [9.17, 15) is 4.79 Å². The number of pyridine rings is 1. The Balaban J connectivity index is 1.80. The van der Waals surface area contributed by atoms with E-state index in [0.717, 1.165) is 27.2 Å². The second kappa shape index (κ2) is 8.62. The largest absolute Gasteiger partial charge is 0.492 e. The van der Waals surface area contributed by atoms with E-state index in [1.165, 1.54) is 11.3 Å². The van der Waals surface area contributed by atoms with Crippen LogP contribution < -0.4 is 9.64 Å². The molecular weight excluding hydrogens is 398 g/mol. The summed E-state index contributed by atoms with van der Waals surface area (Å²) in [4.78, 5) is 24.3. The van der Waals surface area contributed by atoms with Crippen LogP contribution in [0, 0.1) is 6.92 Å². The number of fused-ring (bicyclic) bond motifs is 1. The average molecular weight is 422 g/mol. The SMILES string of the molecule is CCOc1cccc2sc(N(Cc3cccnc3)C(=O)c3cc(C)nn3CC)nc12. The fourth-order valence-corrected chi connectivity index (χ4v) is 4.28. The summed E-state index contributed by atoms with van der Waals surface area (Å²) in [6.07, 6.45) is 3.48.